The predicted octanol–water partition coefficient (Wildman–Crippen LogP) is 4.67. The van der Waals surface area contributed by atoms with Crippen LogP contribution in [0.3, 0.4) is 0 Å². The molecule has 2 rings (SSSR count). The fourth-order valence-electron chi connectivity index (χ4n) is 2.51. The van der Waals surface area contributed by atoms with Crippen LogP contribution in [0.2, 0.25) is 0 Å². The molecule has 0 bridgehead atoms. The van der Waals surface area contributed by atoms with Crippen LogP contribution in [0, 0.1) is 5.92 Å². The number of hydrogen-bond donors (Lipinski definition) is 0. The zero-order valence-electron chi connectivity index (χ0n) is 12.2. The van der Waals surface area contributed by atoms with Gasteiger partial charge in [-0.15, -0.1) is 0 Å². The molecule has 0 atom stereocenters. The second kappa shape index (κ2) is 7.90. The predicted molar refractivity (Wildman–Crippen MR) is 80.5 cm³/mol. The second-order valence-electron chi connectivity index (χ2n) is 5.41. The van der Waals surface area contributed by atoms with Gasteiger partial charge in [-0.3, -0.25) is 4.79 Å². The molecule has 0 amide bonds. The number of esters is 1. The summed E-state index contributed by atoms with van der Waals surface area (Å²) in [6, 6.07) is 5.19. The van der Waals surface area contributed by atoms with E-state index in [4.69, 9.17) is 4.74 Å². The Labute approximate surface area is 132 Å². The topological polar surface area (TPSA) is 26.3 Å². The zero-order chi connectivity index (χ0) is 16.0. The molecule has 1 saturated heterocycles. The van der Waals surface area contributed by atoms with Gasteiger partial charge in [0.1, 0.15) is 6.61 Å². The molecule has 0 unspecified atom stereocenters. The van der Waals surface area contributed by atoms with Gasteiger partial charge in [-0.2, -0.15) is 24.9 Å². The fourth-order valence-corrected chi connectivity index (χ4v) is 3.71. The van der Waals surface area contributed by atoms with E-state index in [0.717, 1.165) is 36.8 Å². The highest BCUT2D eigenvalue weighted by molar-refractivity contribution is 7.99. The first kappa shape index (κ1) is 17.2. The molecule has 6 heteroatoms. The third-order valence-electron chi connectivity index (χ3n) is 3.81. The van der Waals surface area contributed by atoms with Crippen molar-refractivity contribution in [1.29, 1.82) is 0 Å². The summed E-state index contributed by atoms with van der Waals surface area (Å²) >= 11 is 1.92. The van der Waals surface area contributed by atoms with E-state index in [0.29, 0.717) is 5.92 Å². The van der Waals surface area contributed by atoms with Crippen LogP contribution in [0.5, 0.6) is 0 Å². The summed E-state index contributed by atoms with van der Waals surface area (Å²) in [7, 11) is 0. The lowest BCUT2D eigenvalue weighted by Gasteiger charge is -2.20. The van der Waals surface area contributed by atoms with E-state index in [2.05, 4.69) is 0 Å². The standard InChI is InChI=1S/C16H19F3O2S/c17-16(18,19)14-4-2-1-3-13(14)11-21-15(20)6-5-12-7-9-22-10-8-12/h1-4,12H,5-11H2. The Morgan fingerprint density at radius 1 is 1.23 bits per heavy atom. The molecule has 0 N–H and O–H groups in total. The first-order valence-electron chi connectivity index (χ1n) is 7.35. The number of alkyl halides is 3. The number of thioether (sulfide) groups is 1. The van der Waals surface area contributed by atoms with Crippen LogP contribution in [0.15, 0.2) is 24.3 Å². The lowest BCUT2D eigenvalue weighted by Crippen LogP contribution is -2.14. The van der Waals surface area contributed by atoms with E-state index in [9.17, 15) is 18.0 Å². The third-order valence-corrected chi connectivity index (χ3v) is 4.86. The fraction of sp³-hybridized carbons (Fsp3) is 0.562. The van der Waals surface area contributed by atoms with Crippen molar-refractivity contribution in [2.45, 2.75) is 38.5 Å². The monoisotopic (exact) mass is 332 g/mol. The number of hydrogen-bond acceptors (Lipinski definition) is 3. The Hall–Kier alpha value is -1.17. The van der Waals surface area contributed by atoms with Crippen LogP contribution in [0.25, 0.3) is 0 Å². The molecule has 0 aliphatic carbocycles. The number of ether oxygens (including phenoxy) is 1. The normalized spacial score (nSPS) is 16.5. The van der Waals surface area contributed by atoms with Gasteiger partial charge in [-0.25, -0.2) is 0 Å². The van der Waals surface area contributed by atoms with Crippen LogP contribution >= 0.6 is 11.8 Å². The number of rotatable bonds is 5. The van der Waals surface area contributed by atoms with Gasteiger partial charge >= 0.3 is 12.1 Å². The van der Waals surface area contributed by atoms with Gasteiger partial charge in [0.25, 0.3) is 0 Å². The molecule has 122 valence electrons. The van der Waals surface area contributed by atoms with E-state index in [-0.39, 0.29) is 18.6 Å². The van der Waals surface area contributed by atoms with Gasteiger partial charge in [0.05, 0.1) is 5.56 Å². The molecule has 1 aromatic rings. The van der Waals surface area contributed by atoms with Crippen LogP contribution in [0.1, 0.15) is 36.8 Å². The molecule has 0 radical (unpaired) electrons. The van der Waals surface area contributed by atoms with Gasteiger partial charge in [-0.05, 0) is 42.8 Å². The minimum Gasteiger partial charge on any atom is -0.461 e. The number of carbonyl (C=O) groups excluding carboxylic acids is 1. The molecule has 22 heavy (non-hydrogen) atoms. The third kappa shape index (κ3) is 5.23. The second-order valence-corrected chi connectivity index (χ2v) is 6.63. The van der Waals surface area contributed by atoms with Gasteiger partial charge in [-0.1, -0.05) is 18.2 Å². The van der Waals surface area contributed by atoms with Gasteiger partial charge in [0.2, 0.25) is 0 Å². The maximum atomic E-state index is 12.8. The largest absolute Gasteiger partial charge is 0.461 e. The van der Waals surface area contributed by atoms with Crippen LogP contribution in [-0.4, -0.2) is 17.5 Å². The van der Waals surface area contributed by atoms with Gasteiger partial charge < -0.3 is 4.74 Å². The number of halogens is 3. The van der Waals surface area contributed by atoms with Crippen molar-refractivity contribution in [1.82, 2.24) is 0 Å². The van der Waals surface area contributed by atoms with Crippen LogP contribution in [-0.2, 0) is 22.3 Å². The maximum absolute atomic E-state index is 12.8. The van der Waals surface area contributed by atoms with E-state index in [1.54, 1.807) is 0 Å². The molecule has 0 aromatic heterocycles. The molecular weight excluding hydrogens is 313 g/mol. The first-order chi connectivity index (χ1) is 10.5. The van der Waals surface area contributed by atoms with E-state index >= 15 is 0 Å². The van der Waals surface area contributed by atoms with Gasteiger partial charge in [0.15, 0.2) is 0 Å². The quantitative estimate of drug-likeness (QED) is 0.733. The Morgan fingerprint density at radius 2 is 1.91 bits per heavy atom. The van der Waals surface area contributed by atoms with Crippen molar-refractivity contribution < 1.29 is 22.7 Å². The SMILES string of the molecule is O=C(CCC1CCSCC1)OCc1ccccc1C(F)(F)F. The molecule has 2 nitrogen and oxygen atoms in total. The molecule has 1 aromatic carbocycles. The summed E-state index contributed by atoms with van der Waals surface area (Å²) in [5.74, 6) is 2.36. The Kier molecular flexibility index (Phi) is 6.17. The van der Waals surface area contributed by atoms with Crippen molar-refractivity contribution in [2.24, 2.45) is 5.92 Å². The zero-order valence-corrected chi connectivity index (χ0v) is 13.0. The first-order valence-corrected chi connectivity index (χ1v) is 8.51. The highest BCUT2D eigenvalue weighted by atomic mass is 32.2. The van der Waals surface area contributed by atoms with Crippen LogP contribution < -0.4 is 0 Å². The average Bonchev–Trinajstić information content (AvgIpc) is 2.51. The molecule has 1 heterocycles. The van der Waals surface area contributed by atoms with Crippen molar-refractivity contribution >= 4 is 17.7 Å². The van der Waals surface area contributed by atoms with Gasteiger partial charge in [0, 0.05) is 12.0 Å². The van der Waals surface area contributed by atoms with Crippen molar-refractivity contribution in [3.63, 3.8) is 0 Å². The molecule has 1 aliphatic heterocycles. The lowest BCUT2D eigenvalue weighted by atomic mass is 9.97. The Balaban J connectivity index is 1.81. The Morgan fingerprint density at radius 3 is 2.59 bits per heavy atom. The minimum atomic E-state index is -4.43. The number of benzene rings is 1. The molecular formula is C16H19F3O2S. The summed E-state index contributed by atoms with van der Waals surface area (Å²) in [5.41, 5.74) is -0.746. The summed E-state index contributed by atoms with van der Waals surface area (Å²) in [6.45, 7) is -0.324. The van der Waals surface area contributed by atoms with Crippen molar-refractivity contribution in [3.8, 4) is 0 Å². The summed E-state index contributed by atoms with van der Waals surface area (Å²) in [4.78, 5) is 11.7. The van der Waals surface area contributed by atoms with Crippen molar-refractivity contribution in [3.05, 3.63) is 35.4 Å². The molecule has 0 saturated carbocycles. The lowest BCUT2D eigenvalue weighted by molar-refractivity contribution is -0.148. The Bertz CT molecular complexity index is 496. The summed E-state index contributed by atoms with van der Waals surface area (Å²) in [5, 5.41) is 0. The van der Waals surface area contributed by atoms with E-state index in [1.165, 1.54) is 18.2 Å². The van der Waals surface area contributed by atoms with E-state index in [1.807, 2.05) is 11.8 Å². The average molecular weight is 332 g/mol. The highest BCUT2D eigenvalue weighted by Gasteiger charge is 2.33. The summed E-state index contributed by atoms with van der Waals surface area (Å²) < 4.78 is 43.5. The maximum Gasteiger partial charge on any atom is 0.416 e. The smallest absolute Gasteiger partial charge is 0.416 e. The van der Waals surface area contributed by atoms with Crippen LogP contribution in [0.4, 0.5) is 13.2 Å². The molecule has 0 spiro atoms. The molecule has 1 aliphatic rings. The summed E-state index contributed by atoms with van der Waals surface area (Å²) in [6.07, 6.45) is -1.17. The van der Waals surface area contributed by atoms with Crippen molar-refractivity contribution in [2.75, 3.05) is 11.5 Å². The highest BCUT2D eigenvalue weighted by Crippen LogP contribution is 2.32. The van der Waals surface area contributed by atoms with E-state index < -0.39 is 17.7 Å². The number of carbonyl (C=O) groups is 1. The minimum absolute atomic E-state index is 0.00239. The molecule has 1 fully saturated rings.